The standard InChI is InChI=1S/C49H38B2N4O3/c1-6-29(2)52-36-9-7-10-37-44(36)50-46-40(52)25-26-41-47(46)51-45-38(54(41)31-15-21-34(57-4)22-16-31)11-8-12-39(45)55(32-17-23-35(58-5)24-18-32)43-28-27-42(48(50)49(43)51)53(37)30-13-19-33(56-3)20-14-30/h6-28H,1-5H3/b29-6+. The molecule has 0 atom stereocenters. The second-order valence-electron chi connectivity index (χ2n) is 15.5. The molecule has 7 aromatic carbocycles. The molecular weight excluding hydrogens is 714 g/mol. The quantitative estimate of drug-likeness (QED) is 0.154. The highest BCUT2D eigenvalue weighted by Gasteiger charge is 2.56. The maximum absolute atomic E-state index is 5.65. The molecule has 5 aliphatic rings. The lowest BCUT2D eigenvalue weighted by atomic mass is 9.18. The van der Waals surface area contributed by atoms with Crippen LogP contribution in [-0.2, 0) is 0 Å². The lowest BCUT2D eigenvalue weighted by molar-refractivity contribution is 0.414. The molecule has 0 aromatic heterocycles. The molecule has 5 aliphatic heterocycles. The Hall–Kier alpha value is -6.99. The molecule has 0 fully saturated rings. The molecule has 278 valence electrons. The molecule has 0 aliphatic carbocycles. The second kappa shape index (κ2) is 12.0. The molecule has 0 radical (unpaired) electrons. The molecule has 0 saturated carbocycles. The van der Waals surface area contributed by atoms with Gasteiger partial charge in [-0.1, -0.05) is 18.2 Å². The molecule has 58 heavy (non-hydrogen) atoms. The zero-order valence-corrected chi connectivity index (χ0v) is 32.9. The van der Waals surface area contributed by atoms with Crippen LogP contribution >= 0.6 is 0 Å². The minimum atomic E-state index is -0.00126. The van der Waals surface area contributed by atoms with Crippen LogP contribution in [0.5, 0.6) is 17.2 Å². The van der Waals surface area contributed by atoms with Gasteiger partial charge in [-0.2, -0.15) is 0 Å². The summed E-state index contributed by atoms with van der Waals surface area (Å²) in [4.78, 5) is 9.95. The number of hydrogen-bond donors (Lipinski definition) is 0. The number of hydrogen-bond acceptors (Lipinski definition) is 7. The Kier molecular flexibility index (Phi) is 6.87. The van der Waals surface area contributed by atoms with Crippen molar-refractivity contribution < 1.29 is 14.2 Å². The fraction of sp³-hybridized carbons (Fsp3) is 0.102. The fourth-order valence-corrected chi connectivity index (χ4v) is 10.6. The van der Waals surface area contributed by atoms with Crippen molar-refractivity contribution in [2.24, 2.45) is 0 Å². The summed E-state index contributed by atoms with van der Waals surface area (Å²) in [5, 5.41) is 0. The molecule has 7 aromatic rings. The van der Waals surface area contributed by atoms with E-state index in [4.69, 9.17) is 14.2 Å². The summed E-state index contributed by atoms with van der Waals surface area (Å²) in [5.41, 5.74) is 22.3. The lowest BCUT2D eigenvalue weighted by Gasteiger charge is -2.53. The topological polar surface area (TPSA) is 40.7 Å². The van der Waals surface area contributed by atoms with Crippen LogP contribution in [0.1, 0.15) is 13.8 Å². The number of ether oxygens (including phenoxy) is 3. The van der Waals surface area contributed by atoms with E-state index in [0.717, 1.165) is 34.3 Å². The van der Waals surface area contributed by atoms with E-state index in [2.05, 4.69) is 173 Å². The van der Waals surface area contributed by atoms with Crippen LogP contribution < -0.4 is 66.6 Å². The van der Waals surface area contributed by atoms with Crippen molar-refractivity contribution in [3.63, 3.8) is 0 Å². The predicted molar refractivity (Wildman–Crippen MR) is 241 cm³/mol. The summed E-state index contributed by atoms with van der Waals surface area (Å²) in [7, 11) is 5.18. The van der Waals surface area contributed by atoms with Gasteiger partial charge in [-0.05, 0) is 168 Å². The zero-order chi connectivity index (χ0) is 39.0. The first kappa shape index (κ1) is 33.2. The monoisotopic (exact) mass is 752 g/mol. The van der Waals surface area contributed by atoms with E-state index in [1.54, 1.807) is 21.3 Å². The van der Waals surface area contributed by atoms with Crippen molar-refractivity contribution in [1.82, 2.24) is 0 Å². The van der Waals surface area contributed by atoms with Gasteiger partial charge in [0.25, 0.3) is 13.4 Å². The van der Waals surface area contributed by atoms with Gasteiger partial charge in [0.05, 0.1) is 21.3 Å². The van der Waals surface area contributed by atoms with Gasteiger partial charge >= 0.3 is 0 Å². The van der Waals surface area contributed by atoms with Crippen molar-refractivity contribution in [2.75, 3.05) is 40.9 Å². The number of benzene rings is 7. The van der Waals surface area contributed by atoms with Crippen LogP contribution in [0.4, 0.5) is 62.6 Å². The third-order valence-electron chi connectivity index (χ3n) is 13.0. The van der Waals surface area contributed by atoms with Crippen molar-refractivity contribution in [3.05, 3.63) is 145 Å². The number of anilines is 11. The molecule has 0 bridgehead atoms. The van der Waals surface area contributed by atoms with Gasteiger partial charge in [0.15, 0.2) is 0 Å². The van der Waals surface area contributed by atoms with E-state index in [-0.39, 0.29) is 13.4 Å². The average Bonchev–Trinajstić information content (AvgIpc) is 3.28. The Morgan fingerprint density at radius 3 is 1.05 bits per heavy atom. The van der Waals surface area contributed by atoms with Crippen LogP contribution in [0.3, 0.4) is 0 Å². The van der Waals surface area contributed by atoms with E-state index >= 15 is 0 Å². The van der Waals surface area contributed by atoms with E-state index in [1.807, 2.05) is 0 Å². The number of methoxy groups -OCH3 is 3. The molecule has 0 amide bonds. The predicted octanol–water partition coefficient (Wildman–Crippen LogP) is 7.78. The number of allylic oxidation sites excluding steroid dienone is 2. The molecule has 0 spiro atoms. The molecule has 7 nitrogen and oxygen atoms in total. The fourth-order valence-electron chi connectivity index (χ4n) is 10.6. The first-order valence-corrected chi connectivity index (χ1v) is 19.9. The van der Waals surface area contributed by atoms with Crippen LogP contribution in [0, 0.1) is 0 Å². The summed E-state index contributed by atoms with van der Waals surface area (Å²) in [5.74, 6) is 2.51. The third kappa shape index (κ3) is 4.15. The van der Waals surface area contributed by atoms with Gasteiger partial charge < -0.3 is 33.8 Å². The lowest BCUT2D eigenvalue weighted by Crippen LogP contribution is -2.81. The van der Waals surface area contributed by atoms with Gasteiger partial charge in [0, 0.05) is 68.3 Å². The van der Waals surface area contributed by atoms with Crippen LogP contribution in [-0.4, -0.2) is 34.8 Å². The third-order valence-corrected chi connectivity index (χ3v) is 13.0. The minimum Gasteiger partial charge on any atom is -0.497 e. The Bertz CT molecular complexity index is 2900. The number of nitrogens with zero attached hydrogens (tertiary/aromatic N) is 4. The largest absolute Gasteiger partial charge is 0.497 e. The first-order chi connectivity index (χ1) is 28.5. The SMILES string of the molecule is C/C=C(\C)N1c2cccc3c2B2c4c1ccc1c4B4c5c(cccc5N(c5ccc(OC)cc5)c5ccc(c2c54)N3c2ccc(OC)cc2)N1c1ccc(OC)cc1. The second-order valence-corrected chi connectivity index (χ2v) is 15.5. The van der Waals surface area contributed by atoms with E-state index < -0.39 is 0 Å². The first-order valence-electron chi connectivity index (χ1n) is 19.9. The van der Waals surface area contributed by atoms with Gasteiger partial charge in [-0.25, -0.2) is 0 Å². The maximum Gasteiger partial charge on any atom is 0.251 e. The molecule has 9 heteroatoms. The summed E-state index contributed by atoms with van der Waals surface area (Å²) in [6.07, 6.45) is 2.24. The summed E-state index contributed by atoms with van der Waals surface area (Å²) in [6.45, 7) is 4.39. The van der Waals surface area contributed by atoms with Gasteiger partial charge in [-0.3, -0.25) is 0 Å². The highest BCUT2D eigenvalue weighted by Crippen LogP contribution is 2.49. The van der Waals surface area contributed by atoms with Gasteiger partial charge in [0.1, 0.15) is 17.2 Å². The maximum atomic E-state index is 5.65. The molecule has 0 saturated heterocycles. The molecule has 0 N–H and O–H groups in total. The van der Waals surface area contributed by atoms with Crippen molar-refractivity contribution in [1.29, 1.82) is 0 Å². The smallest absolute Gasteiger partial charge is 0.251 e. The van der Waals surface area contributed by atoms with E-state index in [0.29, 0.717) is 0 Å². The Labute approximate surface area is 339 Å². The summed E-state index contributed by atoms with van der Waals surface area (Å²) in [6, 6.07) is 48.7. The van der Waals surface area contributed by atoms with Crippen LogP contribution in [0.2, 0.25) is 0 Å². The Balaban J connectivity index is 1.24. The molecule has 5 heterocycles. The highest BCUT2D eigenvalue weighted by atomic mass is 16.5. The number of rotatable bonds is 7. The Morgan fingerprint density at radius 1 is 0.397 bits per heavy atom. The normalized spacial score (nSPS) is 14.5. The summed E-state index contributed by atoms with van der Waals surface area (Å²) >= 11 is 0. The van der Waals surface area contributed by atoms with Crippen LogP contribution in [0.25, 0.3) is 0 Å². The van der Waals surface area contributed by atoms with Gasteiger partial charge in [0.2, 0.25) is 0 Å². The van der Waals surface area contributed by atoms with Crippen molar-refractivity contribution >= 4 is 109 Å². The molecule has 12 rings (SSSR count). The van der Waals surface area contributed by atoms with Crippen molar-refractivity contribution in [3.8, 4) is 17.2 Å². The molecule has 0 unspecified atom stereocenters. The average molecular weight is 752 g/mol. The summed E-state index contributed by atoms with van der Waals surface area (Å²) < 4.78 is 16.9. The van der Waals surface area contributed by atoms with E-state index in [1.165, 1.54) is 84.0 Å². The van der Waals surface area contributed by atoms with Crippen LogP contribution in [0.15, 0.2) is 145 Å². The van der Waals surface area contributed by atoms with Gasteiger partial charge in [-0.15, -0.1) is 0 Å². The zero-order valence-electron chi connectivity index (χ0n) is 32.9. The minimum absolute atomic E-state index is 0.00126. The van der Waals surface area contributed by atoms with E-state index in [9.17, 15) is 0 Å². The Morgan fingerprint density at radius 2 is 0.690 bits per heavy atom. The molecular formula is C49H38B2N4O3. The highest BCUT2D eigenvalue weighted by molar-refractivity contribution is 7.16. The van der Waals surface area contributed by atoms with Crippen molar-refractivity contribution in [2.45, 2.75) is 13.8 Å².